The van der Waals surface area contributed by atoms with Gasteiger partial charge in [-0.1, -0.05) is 0 Å². The largest absolute Gasteiger partial charge is 0.475 e. The van der Waals surface area contributed by atoms with E-state index in [4.69, 9.17) is 14.3 Å². The number of carboxylic acid groups (broad SMARTS) is 1. The highest BCUT2D eigenvalue weighted by Crippen LogP contribution is 2.25. The van der Waals surface area contributed by atoms with Crippen LogP contribution in [0.3, 0.4) is 0 Å². The molecule has 0 spiro atoms. The molecule has 0 aliphatic carbocycles. The van der Waals surface area contributed by atoms with E-state index in [0.29, 0.717) is 26.1 Å². The molecule has 0 aromatic carbocycles. The van der Waals surface area contributed by atoms with Crippen LogP contribution in [0.25, 0.3) is 0 Å². The molecule has 7 nitrogen and oxygen atoms in total. The summed E-state index contributed by atoms with van der Waals surface area (Å²) in [5.74, 6) is -1.63. The maximum absolute atomic E-state index is 12.4. The molecule has 0 unspecified atom stereocenters. The molecule has 1 aromatic rings. The number of carbonyl (C=O) groups is 1. The first kappa shape index (κ1) is 15.0. The van der Waals surface area contributed by atoms with Crippen LogP contribution < -0.4 is 4.72 Å². The second kappa shape index (κ2) is 5.19. The van der Waals surface area contributed by atoms with Crippen LogP contribution in [0.15, 0.2) is 15.4 Å². The molecular weight excluding hydrogens is 286 g/mol. The van der Waals surface area contributed by atoms with E-state index < -0.39 is 21.5 Å². The van der Waals surface area contributed by atoms with E-state index in [0.717, 1.165) is 6.07 Å². The van der Waals surface area contributed by atoms with Crippen LogP contribution in [0.1, 0.15) is 36.1 Å². The maximum Gasteiger partial charge on any atom is 0.371 e. The van der Waals surface area contributed by atoms with Gasteiger partial charge in [0.05, 0.1) is 0 Å². The Morgan fingerprint density at radius 1 is 1.40 bits per heavy atom. The Hall–Kier alpha value is -1.38. The molecule has 20 heavy (non-hydrogen) atoms. The SMILES string of the molecule is Cc1oc(C(=O)O)cc1S(=O)(=O)NC1(C)CCOCC1. The summed E-state index contributed by atoms with van der Waals surface area (Å²) >= 11 is 0. The Morgan fingerprint density at radius 2 is 2.00 bits per heavy atom. The van der Waals surface area contributed by atoms with E-state index in [1.165, 1.54) is 6.92 Å². The smallest absolute Gasteiger partial charge is 0.371 e. The van der Waals surface area contributed by atoms with E-state index >= 15 is 0 Å². The van der Waals surface area contributed by atoms with Crippen molar-refractivity contribution in [3.8, 4) is 0 Å². The number of hydrogen-bond donors (Lipinski definition) is 2. The predicted molar refractivity (Wildman–Crippen MR) is 69.2 cm³/mol. The molecule has 0 bridgehead atoms. The lowest BCUT2D eigenvalue weighted by atomic mass is 9.94. The van der Waals surface area contributed by atoms with Crippen molar-refractivity contribution in [2.75, 3.05) is 13.2 Å². The molecular formula is C12H17NO6S. The Bertz CT molecular complexity index is 612. The Labute approximate surface area is 117 Å². The molecule has 112 valence electrons. The number of carboxylic acids is 1. The van der Waals surface area contributed by atoms with Crippen LogP contribution >= 0.6 is 0 Å². The molecule has 0 radical (unpaired) electrons. The summed E-state index contributed by atoms with van der Waals surface area (Å²) in [6.07, 6.45) is 1.13. The minimum absolute atomic E-state index is 0.0607. The highest BCUT2D eigenvalue weighted by Gasteiger charge is 2.34. The average Bonchev–Trinajstić information content (AvgIpc) is 2.72. The van der Waals surface area contributed by atoms with Crippen molar-refractivity contribution < 1.29 is 27.5 Å². The fraction of sp³-hybridized carbons (Fsp3) is 0.583. The third kappa shape index (κ3) is 3.02. The molecule has 8 heteroatoms. The van der Waals surface area contributed by atoms with E-state index in [1.807, 2.05) is 0 Å². The lowest BCUT2D eigenvalue weighted by molar-refractivity contribution is 0.0537. The zero-order valence-electron chi connectivity index (χ0n) is 11.3. The molecule has 0 atom stereocenters. The molecule has 1 aromatic heterocycles. The highest BCUT2D eigenvalue weighted by molar-refractivity contribution is 7.89. The molecule has 1 saturated heterocycles. The molecule has 1 fully saturated rings. The quantitative estimate of drug-likeness (QED) is 0.863. The first-order valence-corrected chi connectivity index (χ1v) is 7.67. The number of aromatic carboxylic acids is 1. The number of sulfonamides is 1. The summed E-state index contributed by atoms with van der Waals surface area (Å²) in [5.41, 5.74) is -0.593. The van der Waals surface area contributed by atoms with Gasteiger partial charge in [0.15, 0.2) is 0 Å². The standard InChI is InChI=1S/C12H17NO6S/c1-8-10(7-9(19-8)11(14)15)20(16,17)13-12(2)3-5-18-6-4-12/h7,13H,3-6H2,1-2H3,(H,14,15). The van der Waals surface area contributed by atoms with Gasteiger partial charge < -0.3 is 14.3 Å². The van der Waals surface area contributed by atoms with E-state index in [-0.39, 0.29) is 16.4 Å². The molecule has 2 rings (SSSR count). The topological polar surface area (TPSA) is 106 Å². The zero-order valence-corrected chi connectivity index (χ0v) is 12.1. The van der Waals surface area contributed by atoms with Gasteiger partial charge in [-0.25, -0.2) is 17.9 Å². The average molecular weight is 303 g/mol. The lowest BCUT2D eigenvalue weighted by Gasteiger charge is -2.33. The second-order valence-corrected chi connectivity index (χ2v) is 6.77. The van der Waals surface area contributed by atoms with Crippen LogP contribution in [-0.4, -0.2) is 38.2 Å². The van der Waals surface area contributed by atoms with Crippen molar-refractivity contribution in [2.45, 2.75) is 37.1 Å². The molecule has 0 saturated carbocycles. The van der Waals surface area contributed by atoms with Crippen molar-refractivity contribution in [1.82, 2.24) is 4.72 Å². The van der Waals surface area contributed by atoms with Crippen molar-refractivity contribution in [2.24, 2.45) is 0 Å². The van der Waals surface area contributed by atoms with E-state index in [9.17, 15) is 13.2 Å². The summed E-state index contributed by atoms with van der Waals surface area (Å²) in [6.45, 7) is 4.21. The Kier molecular flexibility index (Phi) is 3.90. The summed E-state index contributed by atoms with van der Waals surface area (Å²) in [7, 11) is -3.82. The van der Waals surface area contributed by atoms with Gasteiger partial charge >= 0.3 is 5.97 Å². The lowest BCUT2D eigenvalue weighted by Crippen LogP contribution is -2.49. The fourth-order valence-electron chi connectivity index (χ4n) is 2.14. The highest BCUT2D eigenvalue weighted by atomic mass is 32.2. The minimum Gasteiger partial charge on any atom is -0.475 e. The van der Waals surface area contributed by atoms with Gasteiger partial charge in [0.2, 0.25) is 15.8 Å². The van der Waals surface area contributed by atoms with Crippen molar-refractivity contribution in [1.29, 1.82) is 0 Å². The molecule has 2 heterocycles. The maximum atomic E-state index is 12.4. The van der Waals surface area contributed by atoms with Crippen LogP contribution in [0, 0.1) is 6.92 Å². The number of rotatable bonds is 4. The number of aryl methyl sites for hydroxylation is 1. The van der Waals surface area contributed by atoms with Gasteiger partial charge in [0.1, 0.15) is 10.7 Å². The molecule has 0 amide bonds. The van der Waals surface area contributed by atoms with Gasteiger partial charge in [-0.3, -0.25) is 0 Å². The summed E-state index contributed by atoms with van der Waals surface area (Å²) in [5, 5.41) is 8.83. The first-order valence-electron chi connectivity index (χ1n) is 6.19. The van der Waals surface area contributed by atoms with Crippen molar-refractivity contribution in [3.05, 3.63) is 17.6 Å². The van der Waals surface area contributed by atoms with Gasteiger partial charge in [-0.15, -0.1) is 0 Å². The predicted octanol–water partition coefficient (Wildman–Crippen LogP) is 1.13. The van der Waals surface area contributed by atoms with E-state index in [1.54, 1.807) is 6.92 Å². The van der Waals surface area contributed by atoms with Crippen LogP contribution in [0.2, 0.25) is 0 Å². The molecule has 2 N–H and O–H groups in total. The van der Waals surface area contributed by atoms with Gasteiger partial charge in [-0.2, -0.15) is 0 Å². The molecule has 1 aliphatic heterocycles. The third-order valence-electron chi connectivity index (χ3n) is 3.35. The number of hydrogen-bond acceptors (Lipinski definition) is 5. The van der Waals surface area contributed by atoms with Gasteiger partial charge in [0.25, 0.3) is 0 Å². The fourth-order valence-corrected chi connectivity index (χ4v) is 3.79. The Balaban J connectivity index is 2.28. The first-order chi connectivity index (χ1) is 9.23. The van der Waals surface area contributed by atoms with Crippen LogP contribution in [-0.2, 0) is 14.8 Å². The number of ether oxygens (including phenoxy) is 1. The number of furan rings is 1. The van der Waals surface area contributed by atoms with Crippen molar-refractivity contribution in [3.63, 3.8) is 0 Å². The number of nitrogens with one attached hydrogen (secondary N) is 1. The van der Waals surface area contributed by atoms with Crippen molar-refractivity contribution >= 4 is 16.0 Å². The van der Waals surface area contributed by atoms with E-state index in [2.05, 4.69) is 4.72 Å². The van der Waals surface area contributed by atoms with Gasteiger partial charge in [-0.05, 0) is 26.7 Å². The normalized spacial score (nSPS) is 18.9. The Morgan fingerprint density at radius 3 is 2.50 bits per heavy atom. The molecule has 1 aliphatic rings. The van der Waals surface area contributed by atoms with Gasteiger partial charge in [0, 0.05) is 24.8 Å². The minimum atomic E-state index is -3.82. The zero-order chi connectivity index (χ0) is 15.0. The summed E-state index contributed by atoms with van der Waals surface area (Å²) in [4.78, 5) is 10.7. The summed E-state index contributed by atoms with van der Waals surface area (Å²) in [6, 6.07) is 1.03. The third-order valence-corrected chi connectivity index (χ3v) is 5.10. The monoisotopic (exact) mass is 303 g/mol. The summed E-state index contributed by atoms with van der Waals surface area (Å²) < 4.78 is 37.5. The van der Waals surface area contributed by atoms with Crippen LogP contribution in [0.4, 0.5) is 0 Å². The van der Waals surface area contributed by atoms with Crippen LogP contribution in [0.5, 0.6) is 0 Å². The second-order valence-electron chi connectivity index (χ2n) is 5.11.